The molecule has 1 aromatic rings. The Labute approximate surface area is 109 Å². The van der Waals surface area contributed by atoms with Gasteiger partial charge in [0.1, 0.15) is 5.76 Å². The van der Waals surface area contributed by atoms with Gasteiger partial charge >= 0.3 is 5.91 Å². The van der Waals surface area contributed by atoms with Crippen LogP contribution in [-0.4, -0.2) is 22.6 Å². The summed E-state index contributed by atoms with van der Waals surface area (Å²) in [6.45, 7) is 1.91. The van der Waals surface area contributed by atoms with Crippen molar-refractivity contribution in [1.29, 1.82) is 0 Å². The lowest BCUT2D eigenvalue weighted by atomic mass is 9.98. The van der Waals surface area contributed by atoms with Gasteiger partial charge in [0.2, 0.25) is 11.8 Å². The van der Waals surface area contributed by atoms with E-state index in [4.69, 9.17) is 10.3 Å². The molecule has 102 valence electrons. The first-order chi connectivity index (χ1) is 9.01. The van der Waals surface area contributed by atoms with E-state index in [0.29, 0.717) is 18.6 Å². The third-order valence-corrected chi connectivity index (χ3v) is 2.98. The van der Waals surface area contributed by atoms with Crippen LogP contribution >= 0.6 is 0 Å². The van der Waals surface area contributed by atoms with Crippen LogP contribution in [0, 0.1) is 5.92 Å². The van der Waals surface area contributed by atoms with Gasteiger partial charge in [0, 0.05) is 12.8 Å². The van der Waals surface area contributed by atoms with Gasteiger partial charge in [-0.3, -0.25) is 24.7 Å². The van der Waals surface area contributed by atoms with E-state index in [0.717, 1.165) is 4.90 Å². The number of piperidine rings is 1. The average Bonchev–Trinajstić information content (AvgIpc) is 2.81. The maximum Gasteiger partial charge on any atom is 0.300 e. The highest BCUT2D eigenvalue weighted by Crippen LogP contribution is 2.21. The predicted molar refractivity (Wildman–Crippen MR) is 64.3 cm³/mol. The van der Waals surface area contributed by atoms with E-state index in [1.807, 2.05) is 12.3 Å². The van der Waals surface area contributed by atoms with Crippen LogP contribution in [0.5, 0.6) is 0 Å². The fraction of sp³-hybridized carbons (Fsp3) is 0.417. The topological polar surface area (TPSA) is 106 Å². The second-order valence-corrected chi connectivity index (χ2v) is 4.63. The predicted octanol–water partition coefficient (Wildman–Crippen LogP) is 0.168. The van der Waals surface area contributed by atoms with E-state index in [9.17, 15) is 14.4 Å². The molecule has 0 spiro atoms. The minimum absolute atomic E-state index is 0.0439. The van der Waals surface area contributed by atoms with Crippen molar-refractivity contribution in [2.45, 2.75) is 26.3 Å². The van der Waals surface area contributed by atoms with E-state index in [1.165, 1.54) is 6.07 Å². The van der Waals surface area contributed by atoms with Gasteiger partial charge in [-0.1, -0.05) is 6.92 Å². The molecule has 2 heterocycles. The normalized spacial score (nSPS) is 16.8. The lowest BCUT2D eigenvalue weighted by Gasteiger charge is -2.27. The molecule has 0 saturated carbocycles. The molecule has 0 atom stereocenters. The van der Waals surface area contributed by atoms with Gasteiger partial charge in [0.25, 0.3) is 0 Å². The summed E-state index contributed by atoms with van der Waals surface area (Å²) >= 11 is 0. The Bertz CT molecular complexity index is 505. The lowest BCUT2D eigenvalue weighted by molar-refractivity contribution is -0.150. The lowest BCUT2D eigenvalue weighted by Crippen LogP contribution is -2.42. The quantitative estimate of drug-likeness (QED) is 0.351. The third kappa shape index (κ3) is 2.82. The summed E-state index contributed by atoms with van der Waals surface area (Å²) in [5.41, 5.74) is 1.94. The minimum atomic E-state index is -0.559. The van der Waals surface area contributed by atoms with E-state index < -0.39 is 5.91 Å². The molecule has 19 heavy (non-hydrogen) atoms. The first kappa shape index (κ1) is 13.3. The number of nitrogens with one attached hydrogen (secondary N) is 1. The second-order valence-electron chi connectivity index (χ2n) is 4.63. The molecule has 0 bridgehead atoms. The Morgan fingerprint density at radius 2 is 2.05 bits per heavy atom. The molecule has 1 saturated heterocycles. The SMILES string of the molecule is CC1CC(=O)N(Cc2ccc(C(=O)NN)o2)C(=O)C1. The smallest absolute Gasteiger partial charge is 0.300 e. The number of hydrazine groups is 1. The van der Waals surface area contributed by atoms with Gasteiger partial charge in [-0.05, 0) is 18.1 Å². The summed E-state index contributed by atoms with van der Waals surface area (Å²) in [4.78, 5) is 35.9. The summed E-state index contributed by atoms with van der Waals surface area (Å²) in [6.07, 6.45) is 0.700. The van der Waals surface area contributed by atoms with Crippen molar-refractivity contribution in [2.75, 3.05) is 0 Å². The van der Waals surface area contributed by atoms with Crippen molar-refractivity contribution >= 4 is 17.7 Å². The van der Waals surface area contributed by atoms with Gasteiger partial charge in [0.15, 0.2) is 5.76 Å². The number of rotatable bonds is 3. The van der Waals surface area contributed by atoms with Crippen LogP contribution in [0.15, 0.2) is 16.5 Å². The van der Waals surface area contributed by atoms with Crippen molar-refractivity contribution in [3.05, 3.63) is 23.7 Å². The zero-order valence-corrected chi connectivity index (χ0v) is 10.5. The molecule has 7 nitrogen and oxygen atoms in total. The maximum atomic E-state index is 11.8. The molecule has 3 amide bonds. The summed E-state index contributed by atoms with van der Waals surface area (Å²) in [6, 6.07) is 2.99. The van der Waals surface area contributed by atoms with Crippen LogP contribution in [-0.2, 0) is 16.1 Å². The molecular weight excluding hydrogens is 250 g/mol. The first-order valence-corrected chi connectivity index (χ1v) is 5.94. The molecule has 3 N–H and O–H groups in total. The molecule has 1 aliphatic heterocycles. The summed E-state index contributed by atoms with van der Waals surface area (Å²) in [5, 5.41) is 0. The number of amides is 3. The third-order valence-electron chi connectivity index (χ3n) is 2.98. The Morgan fingerprint density at radius 3 is 2.63 bits per heavy atom. The van der Waals surface area contributed by atoms with Crippen molar-refractivity contribution in [2.24, 2.45) is 11.8 Å². The zero-order valence-electron chi connectivity index (χ0n) is 10.5. The Kier molecular flexibility index (Phi) is 3.66. The first-order valence-electron chi connectivity index (χ1n) is 5.94. The molecular formula is C12H15N3O4. The highest BCUT2D eigenvalue weighted by Gasteiger charge is 2.30. The monoisotopic (exact) mass is 265 g/mol. The second kappa shape index (κ2) is 5.23. The van der Waals surface area contributed by atoms with Gasteiger partial charge in [-0.15, -0.1) is 0 Å². The maximum absolute atomic E-state index is 11.8. The van der Waals surface area contributed by atoms with Gasteiger partial charge < -0.3 is 4.42 Å². The van der Waals surface area contributed by atoms with E-state index >= 15 is 0 Å². The molecule has 1 aromatic heterocycles. The van der Waals surface area contributed by atoms with Gasteiger partial charge in [-0.25, -0.2) is 5.84 Å². The summed E-state index contributed by atoms with van der Waals surface area (Å²) < 4.78 is 5.22. The number of likely N-dealkylation sites (tertiary alicyclic amines) is 1. The van der Waals surface area contributed by atoms with E-state index in [2.05, 4.69) is 0 Å². The molecule has 7 heteroatoms. The number of hydrogen-bond acceptors (Lipinski definition) is 5. The van der Waals surface area contributed by atoms with Gasteiger partial charge in [-0.2, -0.15) is 0 Å². The summed E-state index contributed by atoms with van der Waals surface area (Å²) in [7, 11) is 0. The molecule has 2 rings (SSSR count). The van der Waals surface area contributed by atoms with Crippen LogP contribution in [0.2, 0.25) is 0 Å². The average molecular weight is 265 g/mol. The Morgan fingerprint density at radius 1 is 1.42 bits per heavy atom. The van der Waals surface area contributed by atoms with Crippen LogP contribution in [0.25, 0.3) is 0 Å². The van der Waals surface area contributed by atoms with Gasteiger partial charge in [0.05, 0.1) is 6.54 Å². The van der Waals surface area contributed by atoms with Crippen LogP contribution in [0.4, 0.5) is 0 Å². The molecule has 0 aliphatic carbocycles. The molecule has 0 aromatic carbocycles. The number of imide groups is 1. The van der Waals surface area contributed by atoms with Crippen LogP contribution < -0.4 is 11.3 Å². The van der Waals surface area contributed by atoms with Crippen molar-refractivity contribution in [3.8, 4) is 0 Å². The molecule has 1 fully saturated rings. The number of nitrogens with zero attached hydrogens (tertiary/aromatic N) is 1. The van der Waals surface area contributed by atoms with E-state index in [1.54, 1.807) is 6.07 Å². The Balaban J connectivity index is 2.08. The number of hydrogen-bond donors (Lipinski definition) is 2. The fourth-order valence-electron chi connectivity index (χ4n) is 2.02. The largest absolute Gasteiger partial charge is 0.454 e. The number of carbonyl (C=O) groups excluding carboxylic acids is 3. The molecule has 0 unspecified atom stereocenters. The van der Waals surface area contributed by atoms with Crippen LogP contribution in [0.3, 0.4) is 0 Å². The molecule has 1 aliphatic rings. The van der Waals surface area contributed by atoms with Crippen molar-refractivity contribution < 1.29 is 18.8 Å². The number of furan rings is 1. The Hall–Kier alpha value is -2.15. The minimum Gasteiger partial charge on any atom is -0.454 e. The highest BCUT2D eigenvalue weighted by atomic mass is 16.4. The number of carbonyl (C=O) groups is 3. The summed E-state index contributed by atoms with van der Waals surface area (Å²) in [5.74, 6) is 4.47. The highest BCUT2D eigenvalue weighted by molar-refractivity contribution is 5.97. The number of nitrogens with two attached hydrogens (primary N) is 1. The number of nitrogen functional groups attached to an aromatic ring is 1. The fourth-order valence-corrected chi connectivity index (χ4v) is 2.02. The molecule has 0 radical (unpaired) electrons. The van der Waals surface area contributed by atoms with Crippen LogP contribution in [0.1, 0.15) is 36.1 Å². The van der Waals surface area contributed by atoms with E-state index in [-0.39, 0.29) is 30.0 Å². The van der Waals surface area contributed by atoms with Crippen molar-refractivity contribution in [3.63, 3.8) is 0 Å². The zero-order chi connectivity index (χ0) is 14.0. The van der Waals surface area contributed by atoms with Crippen molar-refractivity contribution in [1.82, 2.24) is 10.3 Å². The standard InChI is InChI=1S/C12H15N3O4/c1-7-4-10(16)15(11(17)5-7)6-8-2-3-9(19-8)12(18)14-13/h2-3,7H,4-6,13H2,1H3,(H,14,18).